The van der Waals surface area contributed by atoms with Crippen LogP contribution in [0.5, 0.6) is 5.75 Å². The monoisotopic (exact) mass is 423 g/mol. The summed E-state index contributed by atoms with van der Waals surface area (Å²) in [6.45, 7) is 0. The van der Waals surface area contributed by atoms with Gasteiger partial charge in [-0.2, -0.15) is 0 Å². The SMILES string of the molecule is COc1ccc(Br)cc1C=C1SC(=O)N(c2cccc(Cl)c2)C1=O. The van der Waals surface area contributed by atoms with Crippen LogP contribution >= 0.6 is 39.3 Å². The molecule has 0 unspecified atom stereocenters. The Hall–Kier alpha value is -1.76. The smallest absolute Gasteiger partial charge is 0.298 e. The molecule has 7 heteroatoms. The zero-order valence-corrected chi connectivity index (χ0v) is 15.6. The molecule has 0 bridgehead atoms. The van der Waals surface area contributed by atoms with Crippen molar-refractivity contribution in [2.45, 2.75) is 0 Å². The fourth-order valence-electron chi connectivity index (χ4n) is 2.26. The highest BCUT2D eigenvalue weighted by Crippen LogP contribution is 2.37. The standard InChI is InChI=1S/C17H11BrClNO3S/c1-23-14-6-5-11(18)7-10(14)8-15-16(21)20(17(22)24-15)13-4-2-3-12(19)9-13/h2-9H,1H3. The summed E-state index contributed by atoms with van der Waals surface area (Å²) in [6.07, 6.45) is 1.65. The van der Waals surface area contributed by atoms with E-state index in [2.05, 4.69) is 15.9 Å². The second kappa shape index (κ2) is 7.01. The van der Waals surface area contributed by atoms with Gasteiger partial charge in [-0.25, -0.2) is 4.90 Å². The molecule has 0 radical (unpaired) electrons. The van der Waals surface area contributed by atoms with Crippen molar-refractivity contribution in [1.29, 1.82) is 0 Å². The minimum absolute atomic E-state index is 0.330. The molecule has 0 spiro atoms. The van der Waals surface area contributed by atoms with E-state index in [1.54, 1.807) is 43.5 Å². The quantitative estimate of drug-likeness (QED) is 0.623. The molecule has 1 aliphatic rings. The van der Waals surface area contributed by atoms with Crippen LogP contribution in [-0.2, 0) is 4.79 Å². The summed E-state index contributed by atoms with van der Waals surface area (Å²) in [7, 11) is 1.55. The Morgan fingerprint density at radius 1 is 1.21 bits per heavy atom. The second-order valence-electron chi connectivity index (χ2n) is 4.88. The van der Waals surface area contributed by atoms with Crippen molar-refractivity contribution in [2.75, 3.05) is 12.0 Å². The van der Waals surface area contributed by atoms with Crippen LogP contribution in [0.2, 0.25) is 5.02 Å². The van der Waals surface area contributed by atoms with Gasteiger partial charge in [-0.3, -0.25) is 9.59 Å². The first-order valence-corrected chi connectivity index (χ1v) is 8.85. The van der Waals surface area contributed by atoms with E-state index < -0.39 is 0 Å². The maximum absolute atomic E-state index is 12.6. The second-order valence-corrected chi connectivity index (χ2v) is 7.23. The zero-order chi connectivity index (χ0) is 17.3. The average molecular weight is 425 g/mol. The summed E-state index contributed by atoms with van der Waals surface area (Å²) in [5, 5.41) is 0.103. The number of carbonyl (C=O) groups is 2. The summed E-state index contributed by atoms with van der Waals surface area (Å²) in [5.74, 6) is 0.238. The molecule has 2 aromatic carbocycles. The van der Waals surface area contributed by atoms with Crippen LogP contribution in [0.25, 0.3) is 6.08 Å². The number of thioether (sulfide) groups is 1. The Morgan fingerprint density at radius 2 is 2.00 bits per heavy atom. The van der Waals surface area contributed by atoms with E-state index in [0.29, 0.717) is 26.9 Å². The molecule has 2 aromatic rings. The van der Waals surface area contributed by atoms with Gasteiger partial charge in [-0.15, -0.1) is 0 Å². The van der Waals surface area contributed by atoms with Crippen molar-refractivity contribution in [3.63, 3.8) is 0 Å². The number of benzene rings is 2. The van der Waals surface area contributed by atoms with Crippen molar-refractivity contribution >= 4 is 62.2 Å². The Bertz CT molecular complexity index is 869. The minimum atomic E-state index is -0.380. The van der Waals surface area contributed by atoms with Gasteiger partial charge in [0.2, 0.25) is 0 Å². The van der Waals surface area contributed by atoms with Crippen molar-refractivity contribution in [3.8, 4) is 5.75 Å². The van der Waals surface area contributed by atoms with Crippen LogP contribution in [0.3, 0.4) is 0 Å². The van der Waals surface area contributed by atoms with Crippen LogP contribution in [0.15, 0.2) is 51.8 Å². The third-order valence-corrected chi connectivity index (χ3v) is 4.94. The molecule has 0 N–H and O–H groups in total. The van der Waals surface area contributed by atoms with Crippen LogP contribution in [-0.4, -0.2) is 18.3 Å². The number of ether oxygens (including phenoxy) is 1. The van der Waals surface area contributed by atoms with Crippen molar-refractivity contribution in [2.24, 2.45) is 0 Å². The van der Waals surface area contributed by atoms with E-state index in [1.165, 1.54) is 0 Å². The number of hydrogen-bond acceptors (Lipinski definition) is 4. The molecule has 0 saturated carbocycles. The van der Waals surface area contributed by atoms with E-state index in [1.807, 2.05) is 12.1 Å². The van der Waals surface area contributed by atoms with Gasteiger partial charge in [-0.1, -0.05) is 33.6 Å². The fraction of sp³-hybridized carbons (Fsp3) is 0.0588. The van der Waals surface area contributed by atoms with Crippen molar-refractivity contribution < 1.29 is 14.3 Å². The zero-order valence-electron chi connectivity index (χ0n) is 12.5. The average Bonchev–Trinajstić information content (AvgIpc) is 2.81. The number of carbonyl (C=O) groups excluding carboxylic acids is 2. The summed E-state index contributed by atoms with van der Waals surface area (Å²) in [6, 6.07) is 12.1. The lowest BCUT2D eigenvalue weighted by Gasteiger charge is -2.12. The molecule has 0 atom stereocenters. The molecule has 2 amide bonds. The van der Waals surface area contributed by atoms with Crippen molar-refractivity contribution in [3.05, 3.63) is 62.4 Å². The topological polar surface area (TPSA) is 46.6 Å². The maximum Gasteiger partial charge on any atom is 0.298 e. The van der Waals surface area contributed by atoms with Gasteiger partial charge in [0.1, 0.15) is 5.75 Å². The third-order valence-electron chi connectivity index (χ3n) is 3.34. The normalized spacial score (nSPS) is 16.1. The molecular formula is C17H11BrClNO3S. The fourth-order valence-corrected chi connectivity index (χ4v) is 3.66. The highest BCUT2D eigenvalue weighted by Gasteiger charge is 2.36. The first kappa shape index (κ1) is 17.1. The molecule has 3 rings (SSSR count). The minimum Gasteiger partial charge on any atom is -0.496 e. The van der Waals surface area contributed by atoms with Gasteiger partial charge in [0.25, 0.3) is 11.1 Å². The molecule has 0 aliphatic carbocycles. The highest BCUT2D eigenvalue weighted by molar-refractivity contribution is 9.10. The van der Waals surface area contributed by atoms with Gasteiger partial charge >= 0.3 is 0 Å². The number of nitrogens with zero attached hydrogens (tertiary/aromatic N) is 1. The molecule has 1 fully saturated rings. The van der Waals surface area contributed by atoms with E-state index >= 15 is 0 Å². The van der Waals surface area contributed by atoms with Gasteiger partial charge in [-0.05, 0) is 54.2 Å². The molecule has 1 heterocycles. The molecule has 4 nitrogen and oxygen atoms in total. The largest absolute Gasteiger partial charge is 0.496 e. The Kier molecular flexibility index (Phi) is 4.99. The predicted octanol–water partition coefficient (Wildman–Crippen LogP) is 5.35. The summed E-state index contributed by atoms with van der Waals surface area (Å²) in [4.78, 5) is 26.3. The number of methoxy groups -OCH3 is 1. The first-order valence-electron chi connectivity index (χ1n) is 6.86. The lowest BCUT2D eigenvalue weighted by Crippen LogP contribution is -2.27. The van der Waals surface area contributed by atoms with E-state index in [9.17, 15) is 9.59 Å². The number of hydrogen-bond donors (Lipinski definition) is 0. The third kappa shape index (κ3) is 3.36. The molecule has 122 valence electrons. The Morgan fingerprint density at radius 3 is 2.71 bits per heavy atom. The lowest BCUT2D eigenvalue weighted by molar-refractivity contribution is -0.113. The first-order chi connectivity index (χ1) is 11.5. The number of amides is 2. The van der Waals surface area contributed by atoms with Crippen LogP contribution in [0.4, 0.5) is 10.5 Å². The number of halogens is 2. The number of anilines is 1. The van der Waals surface area contributed by atoms with Crippen LogP contribution < -0.4 is 9.64 Å². The number of imide groups is 1. The molecule has 1 saturated heterocycles. The molecule has 24 heavy (non-hydrogen) atoms. The van der Waals surface area contributed by atoms with Gasteiger partial charge in [0, 0.05) is 15.1 Å². The molecule has 1 aliphatic heterocycles. The maximum atomic E-state index is 12.6. The molecular weight excluding hydrogens is 414 g/mol. The van der Waals surface area contributed by atoms with Gasteiger partial charge in [0.15, 0.2) is 0 Å². The van der Waals surface area contributed by atoms with E-state index in [-0.39, 0.29) is 11.1 Å². The predicted molar refractivity (Wildman–Crippen MR) is 101 cm³/mol. The summed E-state index contributed by atoms with van der Waals surface area (Å²) >= 11 is 10.2. The number of rotatable bonds is 3. The Balaban J connectivity index is 1.99. The highest BCUT2D eigenvalue weighted by atomic mass is 79.9. The van der Waals surface area contributed by atoms with Gasteiger partial charge < -0.3 is 4.74 Å². The van der Waals surface area contributed by atoms with E-state index in [4.69, 9.17) is 16.3 Å². The van der Waals surface area contributed by atoms with Crippen LogP contribution in [0.1, 0.15) is 5.56 Å². The van der Waals surface area contributed by atoms with Crippen LogP contribution in [0, 0.1) is 0 Å². The summed E-state index contributed by atoms with van der Waals surface area (Å²) in [5.41, 5.74) is 1.16. The lowest BCUT2D eigenvalue weighted by atomic mass is 10.2. The summed E-state index contributed by atoms with van der Waals surface area (Å²) < 4.78 is 6.15. The van der Waals surface area contributed by atoms with Gasteiger partial charge in [0.05, 0.1) is 17.7 Å². The Labute approximate surface area is 156 Å². The molecule has 0 aromatic heterocycles. The van der Waals surface area contributed by atoms with Crippen molar-refractivity contribution in [1.82, 2.24) is 0 Å². The van der Waals surface area contributed by atoms with E-state index in [0.717, 1.165) is 21.1 Å².